The maximum atomic E-state index is 14.3. The summed E-state index contributed by atoms with van der Waals surface area (Å²) in [6.45, 7) is 3.33. The summed E-state index contributed by atoms with van der Waals surface area (Å²) >= 11 is 0. The normalized spacial score (nSPS) is 15.5. The number of rotatable bonds is 14. The van der Waals surface area contributed by atoms with Gasteiger partial charge in [0.1, 0.15) is 34.3 Å². The van der Waals surface area contributed by atoms with Crippen molar-refractivity contribution in [2.75, 3.05) is 81.6 Å². The van der Waals surface area contributed by atoms with Crippen molar-refractivity contribution in [3.8, 4) is 17.2 Å². The van der Waals surface area contributed by atoms with Gasteiger partial charge in [-0.15, -0.1) is 0 Å². The molecule has 19 nitrogen and oxygen atoms in total. The third-order valence-electron chi connectivity index (χ3n) is 9.95. The fourth-order valence-electron chi connectivity index (χ4n) is 6.70. The molecule has 0 spiro atoms. The van der Waals surface area contributed by atoms with E-state index in [1.165, 1.54) is 41.3 Å². The quantitative estimate of drug-likeness (QED) is 0.132. The molecule has 2 fully saturated rings. The number of nitrogens with zero attached hydrogens (tertiary/aromatic N) is 6. The summed E-state index contributed by atoms with van der Waals surface area (Å²) < 4.78 is 107. The number of ketones is 2. The minimum atomic E-state index is -3.23. The van der Waals surface area contributed by atoms with Crippen LogP contribution < -0.4 is 36.3 Å². The Morgan fingerprint density at radius 1 is 0.710 bits per heavy atom. The summed E-state index contributed by atoms with van der Waals surface area (Å²) in [5.74, 6) is -4.95. The van der Waals surface area contributed by atoms with Gasteiger partial charge in [0.25, 0.3) is 0 Å². The van der Waals surface area contributed by atoms with Gasteiger partial charge in [-0.2, -0.15) is 9.97 Å². The zero-order valence-corrected chi connectivity index (χ0v) is 36.1. The van der Waals surface area contributed by atoms with Crippen molar-refractivity contribution in [1.82, 2.24) is 28.5 Å². The fraction of sp³-hybridized carbons (Fsp3) is 0.421. The molecule has 0 aliphatic carbocycles. The van der Waals surface area contributed by atoms with Crippen LogP contribution in [0.15, 0.2) is 36.7 Å². The maximum absolute atomic E-state index is 14.3. The van der Waals surface area contributed by atoms with Crippen molar-refractivity contribution < 1.29 is 53.8 Å². The van der Waals surface area contributed by atoms with Crippen LogP contribution >= 0.6 is 0 Å². The highest BCUT2D eigenvalue weighted by Gasteiger charge is 2.30. The Morgan fingerprint density at radius 3 is 1.50 bits per heavy atom. The van der Waals surface area contributed by atoms with Crippen molar-refractivity contribution in [2.24, 2.45) is 0 Å². The molecule has 0 amide bonds. The highest BCUT2D eigenvalue weighted by atomic mass is 32.2. The molecular formula is C38H47F3N10O9S2. The molecule has 2 aliphatic rings. The number of ether oxygens (including phenoxy) is 3. The Hall–Kier alpha value is -5.85. The SMILES string of the molecule is CCOc1c(F)ccc(OC)c1C(=O)c1cnc(NC2CCN(S(C)(=O)=O)CC2)nc1N.COc1ccc(F)c(F)c1C(=O)c1cnc(NC2CCN(S(C)(=O)=O)CC2)nc1N. The number of methoxy groups -OCH3 is 2. The summed E-state index contributed by atoms with van der Waals surface area (Å²) in [6.07, 6.45) is 6.98. The van der Waals surface area contributed by atoms with Gasteiger partial charge in [0.05, 0.1) is 44.5 Å². The highest BCUT2D eigenvalue weighted by Crippen LogP contribution is 2.35. The Labute approximate surface area is 356 Å². The van der Waals surface area contributed by atoms with E-state index in [4.69, 9.17) is 25.7 Å². The molecule has 4 heterocycles. The number of hydrogen-bond donors (Lipinski definition) is 4. The van der Waals surface area contributed by atoms with Gasteiger partial charge in [-0.1, -0.05) is 0 Å². The number of anilines is 4. The first-order chi connectivity index (χ1) is 29.3. The predicted octanol–water partition coefficient (Wildman–Crippen LogP) is 3.08. The van der Waals surface area contributed by atoms with Crippen molar-refractivity contribution in [2.45, 2.75) is 44.7 Å². The number of carbonyl (C=O) groups is 2. The van der Waals surface area contributed by atoms with E-state index in [0.717, 1.165) is 30.7 Å². The molecule has 62 heavy (non-hydrogen) atoms. The Balaban J connectivity index is 0.000000235. The van der Waals surface area contributed by atoms with E-state index in [-0.39, 0.29) is 76.2 Å². The average molecular weight is 909 g/mol. The van der Waals surface area contributed by atoms with E-state index in [1.807, 2.05) is 0 Å². The fourth-order valence-corrected chi connectivity index (χ4v) is 8.45. The molecule has 336 valence electrons. The molecule has 0 atom stereocenters. The van der Waals surface area contributed by atoms with Crippen LogP contribution in [0, 0.1) is 17.5 Å². The van der Waals surface area contributed by atoms with Gasteiger partial charge in [0.15, 0.2) is 23.2 Å². The van der Waals surface area contributed by atoms with E-state index >= 15 is 0 Å². The summed E-state index contributed by atoms with van der Waals surface area (Å²) in [7, 11) is -3.86. The second-order valence-corrected chi connectivity index (χ2v) is 18.1. The largest absolute Gasteiger partial charge is 0.496 e. The topological polar surface area (TPSA) is 264 Å². The number of piperidine rings is 2. The Kier molecular flexibility index (Phi) is 15.1. The molecule has 0 saturated carbocycles. The summed E-state index contributed by atoms with van der Waals surface area (Å²) in [5, 5.41) is 6.17. The van der Waals surface area contributed by atoms with Gasteiger partial charge >= 0.3 is 0 Å². The lowest BCUT2D eigenvalue weighted by atomic mass is 10.0. The molecule has 24 heteroatoms. The number of hydrogen-bond acceptors (Lipinski definition) is 17. The average Bonchev–Trinajstić information content (AvgIpc) is 3.22. The lowest BCUT2D eigenvalue weighted by Gasteiger charge is -2.30. The third-order valence-corrected chi connectivity index (χ3v) is 12.6. The van der Waals surface area contributed by atoms with Crippen molar-refractivity contribution >= 4 is 55.1 Å². The summed E-state index contributed by atoms with van der Waals surface area (Å²) in [5.41, 5.74) is 11.0. The summed E-state index contributed by atoms with van der Waals surface area (Å²) in [6, 6.07) is 4.37. The Bertz CT molecular complexity index is 2520. The number of nitrogens with two attached hydrogens (primary N) is 2. The van der Waals surface area contributed by atoms with Crippen LogP contribution in [0.2, 0.25) is 0 Å². The molecule has 0 unspecified atom stereocenters. The maximum Gasteiger partial charge on any atom is 0.224 e. The Morgan fingerprint density at radius 2 is 1.11 bits per heavy atom. The zero-order valence-electron chi connectivity index (χ0n) is 34.4. The van der Waals surface area contributed by atoms with Crippen LogP contribution in [-0.4, -0.2) is 129 Å². The third kappa shape index (κ3) is 11.1. The van der Waals surface area contributed by atoms with Crippen LogP contribution in [0.25, 0.3) is 0 Å². The van der Waals surface area contributed by atoms with Crippen LogP contribution in [0.4, 0.5) is 36.7 Å². The molecule has 2 aliphatic heterocycles. The van der Waals surface area contributed by atoms with E-state index in [1.54, 1.807) is 6.92 Å². The first-order valence-corrected chi connectivity index (χ1v) is 22.8. The second kappa shape index (κ2) is 19.9. The van der Waals surface area contributed by atoms with E-state index in [0.29, 0.717) is 51.9 Å². The first kappa shape index (κ1) is 47.2. The van der Waals surface area contributed by atoms with Crippen molar-refractivity contribution in [1.29, 1.82) is 0 Å². The molecular weight excluding hydrogens is 862 g/mol. The van der Waals surface area contributed by atoms with Gasteiger partial charge in [-0.25, -0.2) is 48.6 Å². The van der Waals surface area contributed by atoms with Crippen LogP contribution in [0.3, 0.4) is 0 Å². The zero-order chi connectivity index (χ0) is 45.5. The van der Waals surface area contributed by atoms with Crippen LogP contribution in [-0.2, 0) is 20.0 Å². The van der Waals surface area contributed by atoms with E-state index in [2.05, 4.69) is 30.6 Å². The minimum absolute atomic E-state index is 0.0210. The molecule has 6 N–H and O–H groups in total. The number of nitrogen functional groups attached to an aromatic ring is 2. The van der Waals surface area contributed by atoms with Gasteiger partial charge in [0, 0.05) is 50.7 Å². The highest BCUT2D eigenvalue weighted by molar-refractivity contribution is 7.88. The second-order valence-electron chi connectivity index (χ2n) is 14.1. The van der Waals surface area contributed by atoms with Crippen molar-refractivity contribution in [3.63, 3.8) is 0 Å². The lowest BCUT2D eigenvalue weighted by molar-refractivity contribution is 0.102. The van der Waals surface area contributed by atoms with Gasteiger partial charge < -0.3 is 36.3 Å². The molecule has 2 aromatic carbocycles. The summed E-state index contributed by atoms with van der Waals surface area (Å²) in [4.78, 5) is 42.3. The number of aromatic nitrogens is 4. The molecule has 6 rings (SSSR count). The monoisotopic (exact) mass is 908 g/mol. The van der Waals surface area contributed by atoms with Crippen molar-refractivity contribution in [3.05, 3.63) is 76.4 Å². The molecule has 0 bridgehead atoms. The molecule has 4 aromatic rings. The van der Waals surface area contributed by atoms with E-state index < -0.39 is 54.6 Å². The predicted molar refractivity (Wildman–Crippen MR) is 223 cm³/mol. The number of nitrogens with one attached hydrogen (secondary N) is 2. The number of benzene rings is 2. The van der Waals surface area contributed by atoms with Gasteiger partial charge in [-0.05, 0) is 56.9 Å². The van der Waals surface area contributed by atoms with E-state index in [9.17, 15) is 39.6 Å². The number of carbonyl (C=O) groups excluding carboxylic acids is 2. The molecule has 2 saturated heterocycles. The van der Waals surface area contributed by atoms with Crippen LogP contribution in [0.1, 0.15) is 64.4 Å². The minimum Gasteiger partial charge on any atom is -0.496 e. The molecule has 0 radical (unpaired) electrons. The standard InChI is InChI=1S/C20H26FN5O5S.C18H21F2N5O4S/c1-4-31-18-14(21)5-6-15(30-2)16(18)17(27)13-11-23-20(25-19(13)22)24-12-7-9-26(10-8-12)32(3,28)29;1-29-13-4-3-12(19)15(20)14(13)16(26)11-9-22-18(24-17(11)21)23-10-5-7-25(8-6-10)30(2,27)28/h5-6,11-12H,4,7-10H2,1-3H3,(H3,22,23,24,25);3-4,9-10H,5-8H2,1-2H3,(H3,21,22,23,24). The number of halogens is 3. The number of sulfonamides is 2. The first-order valence-electron chi connectivity index (χ1n) is 19.1. The van der Waals surface area contributed by atoms with Gasteiger partial charge in [0.2, 0.25) is 43.5 Å². The molecule has 2 aromatic heterocycles. The van der Waals surface area contributed by atoms with Gasteiger partial charge in [-0.3, -0.25) is 9.59 Å². The van der Waals surface area contributed by atoms with Crippen LogP contribution in [0.5, 0.6) is 17.2 Å². The smallest absolute Gasteiger partial charge is 0.224 e. The lowest BCUT2D eigenvalue weighted by Crippen LogP contribution is -2.42.